The largest absolute Gasteiger partial charge is 0.452 e. The van der Waals surface area contributed by atoms with E-state index in [0.717, 1.165) is 36.0 Å². The number of nitro benzene ring substituents is 1. The van der Waals surface area contributed by atoms with Crippen LogP contribution >= 0.6 is 0 Å². The molecule has 2 aromatic carbocycles. The molecule has 182 valence electrons. The highest BCUT2D eigenvalue weighted by Gasteiger charge is 2.33. The van der Waals surface area contributed by atoms with Crippen molar-refractivity contribution in [3.8, 4) is 0 Å². The Bertz CT molecular complexity index is 1330. The molecule has 4 rings (SSSR count). The first-order valence-corrected chi connectivity index (χ1v) is 11.7. The first-order valence-electron chi connectivity index (χ1n) is 11.7. The molecule has 1 unspecified atom stereocenters. The Balaban J connectivity index is 1.57. The second kappa shape index (κ2) is 9.44. The lowest BCUT2D eigenvalue weighted by Crippen LogP contribution is -2.29. The topological polar surface area (TPSA) is 111 Å². The smallest absolute Gasteiger partial charge is 0.339 e. The molecule has 8 heteroatoms. The number of ether oxygens (including phenoxy) is 1. The van der Waals surface area contributed by atoms with E-state index in [1.807, 2.05) is 24.3 Å². The maximum Gasteiger partial charge on any atom is 0.339 e. The minimum Gasteiger partial charge on any atom is -0.452 e. The van der Waals surface area contributed by atoms with Crippen LogP contribution in [-0.4, -0.2) is 28.4 Å². The molecule has 35 heavy (non-hydrogen) atoms. The molecule has 0 aliphatic heterocycles. The Morgan fingerprint density at radius 3 is 2.66 bits per heavy atom. The van der Waals surface area contributed by atoms with Crippen LogP contribution in [0.15, 0.2) is 42.5 Å². The zero-order valence-electron chi connectivity index (χ0n) is 20.4. The van der Waals surface area contributed by atoms with Crippen molar-refractivity contribution in [3.05, 3.63) is 75.0 Å². The molecule has 1 aliphatic rings. The maximum atomic E-state index is 13.3. The van der Waals surface area contributed by atoms with Crippen LogP contribution in [-0.2, 0) is 22.4 Å². The van der Waals surface area contributed by atoms with E-state index >= 15 is 0 Å². The highest BCUT2D eigenvalue weighted by atomic mass is 16.6. The number of hydrogen-bond acceptors (Lipinski definition) is 6. The number of nitrogens with one attached hydrogen (secondary N) is 1. The normalized spacial score (nSPS) is 15.4. The molecular weight excluding hydrogens is 446 g/mol. The van der Waals surface area contributed by atoms with Gasteiger partial charge in [-0.05, 0) is 55.2 Å². The summed E-state index contributed by atoms with van der Waals surface area (Å²) in [7, 11) is 0. The number of carbonyl (C=O) groups is 2. The Hall–Kier alpha value is -3.81. The van der Waals surface area contributed by atoms with Gasteiger partial charge in [-0.3, -0.25) is 19.9 Å². The molecular formula is C27H29N3O5. The third kappa shape index (κ3) is 5.16. The Labute approximate surface area is 203 Å². The first kappa shape index (κ1) is 24.3. The quantitative estimate of drug-likeness (QED) is 0.300. The molecule has 0 saturated carbocycles. The second-order valence-corrected chi connectivity index (χ2v) is 10.1. The summed E-state index contributed by atoms with van der Waals surface area (Å²) in [5.74, 6) is -0.749. The van der Waals surface area contributed by atoms with Crippen molar-refractivity contribution in [1.82, 2.24) is 4.98 Å². The lowest BCUT2D eigenvalue weighted by atomic mass is 9.70. The van der Waals surface area contributed by atoms with E-state index in [1.165, 1.54) is 6.07 Å². The van der Waals surface area contributed by atoms with Gasteiger partial charge in [-0.15, -0.1) is 0 Å². The van der Waals surface area contributed by atoms with Gasteiger partial charge in [-0.2, -0.15) is 0 Å². The van der Waals surface area contributed by atoms with Crippen molar-refractivity contribution < 1.29 is 19.2 Å². The number of hydrogen-bond donors (Lipinski definition) is 1. The molecule has 1 aromatic heterocycles. The number of nitrogens with zero attached hydrogens (tertiary/aromatic N) is 2. The summed E-state index contributed by atoms with van der Waals surface area (Å²) in [6, 6.07) is 11.9. The zero-order chi connectivity index (χ0) is 25.3. The number of para-hydroxylation sites is 1. The lowest BCUT2D eigenvalue weighted by Gasteiger charge is -2.35. The lowest BCUT2D eigenvalue weighted by molar-refractivity contribution is -0.385. The minimum absolute atomic E-state index is 0.0844. The standard InChI is InChI=1S/C27H29N3O5/c1-16-9-11-18(14-23(16)30(33)34)28-24(31)15-35-26(32)25-19-7-5-6-8-21(19)29-22-12-10-17(13-20(22)25)27(2,3)4/h5-9,11,14,17H,10,12-13,15H2,1-4H3,(H,28,31). The van der Waals surface area contributed by atoms with Crippen molar-refractivity contribution in [3.63, 3.8) is 0 Å². The van der Waals surface area contributed by atoms with Crippen LogP contribution in [0.3, 0.4) is 0 Å². The highest BCUT2D eigenvalue weighted by Crippen LogP contribution is 2.39. The fourth-order valence-electron chi connectivity index (χ4n) is 4.64. The molecule has 0 fully saturated rings. The summed E-state index contributed by atoms with van der Waals surface area (Å²) in [5.41, 5.74) is 3.75. The van der Waals surface area contributed by atoms with Crippen LogP contribution in [0, 0.1) is 28.4 Å². The third-order valence-corrected chi connectivity index (χ3v) is 6.71. The van der Waals surface area contributed by atoms with Gasteiger partial charge < -0.3 is 10.1 Å². The van der Waals surface area contributed by atoms with Crippen LogP contribution in [0.1, 0.15) is 54.4 Å². The average molecular weight is 476 g/mol. The van der Waals surface area contributed by atoms with Crippen LogP contribution < -0.4 is 5.32 Å². The molecule has 8 nitrogen and oxygen atoms in total. The van der Waals surface area contributed by atoms with Crippen LogP contribution in [0.25, 0.3) is 10.9 Å². The summed E-state index contributed by atoms with van der Waals surface area (Å²) < 4.78 is 5.45. The number of amides is 1. The number of anilines is 1. The second-order valence-electron chi connectivity index (χ2n) is 10.1. The van der Waals surface area contributed by atoms with E-state index in [0.29, 0.717) is 22.4 Å². The Morgan fingerprint density at radius 2 is 1.94 bits per heavy atom. The predicted molar refractivity (Wildman–Crippen MR) is 133 cm³/mol. The summed E-state index contributed by atoms with van der Waals surface area (Å²) in [5, 5.41) is 14.4. The number of carbonyl (C=O) groups excluding carboxylic acids is 2. The van der Waals surface area contributed by atoms with E-state index in [1.54, 1.807) is 19.1 Å². The van der Waals surface area contributed by atoms with Crippen molar-refractivity contribution in [2.45, 2.75) is 47.0 Å². The Kier molecular flexibility index (Phi) is 6.56. The zero-order valence-corrected chi connectivity index (χ0v) is 20.4. The van der Waals surface area contributed by atoms with Crippen molar-refractivity contribution in [2.75, 3.05) is 11.9 Å². The number of pyridine rings is 1. The number of nitro groups is 1. The van der Waals surface area contributed by atoms with E-state index in [4.69, 9.17) is 9.72 Å². The highest BCUT2D eigenvalue weighted by molar-refractivity contribution is 6.06. The monoisotopic (exact) mass is 475 g/mol. The average Bonchev–Trinajstić information content (AvgIpc) is 2.81. The number of aryl methyl sites for hydroxylation is 2. The van der Waals surface area contributed by atoms with Gasteiger partial charge >= 0.3 is 5.97 Å². The summed E-state index contributed by atoms with van der Waals surface area (Å²) in [6.07, 6.45) is 2.51. The molecule has 1 atom stereocenters. The van der Waals surface area contributed by atoms with Gasteiger partial charge in [0.25, 0.3) is 11.6 Å². The number of aromatic nitrogens is 1. The molecule has 1 heterocycles. The molecule has 1 aliphatic carbocycles. The van der Waals surface area contributed by atoms with Crippen molar-refractivity contribution in [1.29, 1.82) is 0 Å². The molecule has 1 N–H and O–H groups in total. The van der Waals surface area contributed by atoms with Crippen LogP contribution in [0.4, 0.5) is 11.4 Å². The number of rotatable bonds is 5. The van der Waals surface area contributed by atoms with Gasteiger partial charge in [-0.1, -0.05) is 45.0 Å². The summed E-state index contributed by atoms with van der Waals surface area (Å²) in [6.45, 7) is 7.72. The number of benzene rings is 2. The van der Waals surface area contributed by atoms with Gasteiger partial charge in [0, 0.05) is 28.4 Å². The predicted octanol–water partition coefficient (Wildman–Crippen LogP) is 5.40. The molecule has 1 amide bonds. The van der Waals surface area contributed by atoms with Gasteiger partial charge in [0.1, 0.15) is 0 Å². The number of esters is 1. The molecule has 0 saturated heterocycles. The van der Waals surface area contributed by atoms with Gasteiger partial charge in [0.15, 0.2) is 6.61 Å². The van der Waals surface area contributed by atoms with Gasteiger partial charge in [0.2, 0.25) is 0 Å². The van der Waals surface area contributed by atoms with E-state index in [2.05, 4.69) is 26.1 Å². The third-order valence-electron chi connectivity index (χ3n) is 6.71. The molecule has 3 aromatic rings. The maximum absolute atomic E-state index is 13.3. The minimum atomic E-state index is -0.573. The van der Waals surface area contributed by atoms with Gasteiger partial charge in [0.05, 0.1) is 16.0 Å². The molecule has 0 spiro atoms. The fourth-order valence-corrected chi connectivity index (χ4v) is 4.64. The van der Waals surface area contributed by atoms with Crippen molar-refractivity contribution >= 4 is 34.2 Å². The van der Waals surface area contributed by atoms with E-state index in [-0.39, 0.29) is 16.8 Å². The van der Waals surface area contributed by atoms with Crippen molar-refractivity contribution in [2.24, 2.45) is 11.3 Å². The number of fused-ring (bicyclic) bond motifs is 2. The summed E-state index contributed by atoms with van der Waals surface area (Å²) >= 11 is 0. The van der Waals surface area contributed by atoms with E-state index < -0.39 is 23.4 Å². The van der Waals surface area contributed by atoms with Gasteiger partial charge in [-0.25, -0.2) is 4.79 Å². The van der Waals surface area contributed by atoms with Crippen LogP contribution in [0.5, 0.6) is 0 Å². The fraction of sp³-hybridized carbons (Fsp3) is 0.370. The Morgan fingerprint density at radius 1 is 1.20 bits per heavy atom. The molecule has 0 bridgehead atoms. The SMILES string of the molecule is Cc1ccc(NC(=O)COC(=O)c2c3c(nc4ccccc24)CCC(C(C)(C)C)C3)cc1[N+](=O)[O-]. The first-order chi connectivity index (χ1) is 16.5. The molecule has 0 radical (unpaired) electrons. The summed E-state index contributed by atoms with van der Waals surface area (Å²) in [4.78, 5) is 41.3. The van der Waals surface area contributed by atoms with E-state index in [9.17, 15) is 19.7 Å². The van der Waals surface area contributed by atoms with Crippen LogP contribution in [0.2, 0.25) is 0 Å².